The average Bonchev–Trinajstić information content (AvgIpc) is 2.10. The van der Waals surface area contributed by atoms with Gasteiger partial charge in [0.25, 0.3) is 5.91 Å². The van der Waals surface area contributed by atoms with Crippen molar-refractivity contribution in [2.45, 2.75) is 0 Å². The Morgan fingerprint density at radius 1 is 1.46 bits per heavy atom. The molecule has 4 nitrogen and oxygen atoms in total. The first-order valence-corrected chi connectivity index (χ1v) is 4.42. The molecular weight excluding hydrogens is 234 g/mol. The highest BCUT2D eigenvalue weighted by Gasteiger charge is 2.10. The van der Waals surface area contributed by atoms with Gasteiger partial charge in [0.05, 0.1) is 16.9 Å². The number of hydrogen-bond donors (Lipinski definition) is 3. The summed E-state index contributed by atoms with van der Waals surface area (Å²) in [6, 6.07) is 3.28. The fraction of sp³-hybridized carbons (Fsp3) is 0.125. The molecule has 1 aromatic rings. The van der Waals surface area contributed by atoms with Gasteiger partial charge in [-0.15, -0.1) is 0 Å². The number of nitrogens with two attached hydrogens (primary N) is 2. The lowest BCUT2D eigenvalue weighted by Crippen LogP contribution is -2.19. The predicted octanol–water partition coefficient (Wildman–Crippen LogP) is 0.973. The van der Waals surface area contributed by atoms with E-state index < -0.39 is 0 Å². The predicted molar refractivity (Wildman–Crippen MR) is 56.4 cm³/mol. The summed E-state index contributed by atoms with van der Waals surface area (Å²) in [4.78, 5) is 11.3. The molecule has 13 heavy (non-hydrogen) atoms. The molecule has 0 aliphatic heterocycles. The number of carbonyl (C=O) groups excluding carboxylic acids is 1. The molecule has 5 heteroatoms. The Kier molecular flexibility index (Phi) is 2.77. The minimum Gasteiger partial charge on any atom is -0.397 e. The number of anilines is 2. The zero-order chi connectivity index (χ0) is 10.0. The number of hydrogen-bond acceptors (Lipinski definition) is 3. The Balaban J connectivity index is 3.28. The summed E-state index contributed by atoms with van der Waals surface area (Å²) in [5, 5.41) is 2.48. The summed E-state index contributed by atoms with van der Waals surface area (Å²) in [7, 11) is 1.54. The van der Waals surface area contributed by atoms with Crippen LogP contribution in [-0.4, -0.2) is 13.0 Å². The molecule has 0 heterocycles. The number of carbonyl (C=O) groups is 1. The van der Waals surface area contributed by atoms with Crippen molar-refractivity contribution in [3.8, 4) is 0 Å². The molecule has 70 valence electrons. The van der Waals surface area contributed by atoms with Gasteiger partial charge >= 0.3 is 0 Å². The van der Waals surface area contributed by atoms with Crippen molar-refractivity contribution < 1.29 is 4.79 Å². The van der Waals surface area contributed by atoms with Crippen LogP contribution in [0.4, 0.5) is 11.4 Å². The summed E-state index contributed by atoms with van der Waals surface area (Å²) < 4.78 is 0.734. The Hall–Kier alpha value is -1.23. The van der Waals surface area contributed by atoms with E-state index >= 15 is 0 Å². The van der Waals surface area contributed by atoms with Crippen LogP contribution in [0, 0.1) is 0 Å². The zero-order valence-corrected chi connectivity index (χ0v) is 8.68. The van der Waals surface area contributed by atoms with Gasteiger partial charge in [0.2, 0.25) is 0 Å². The number of benzene rings is 1. The molecule has 0 atom stereocenters. The Bertz CT molecular complexity index is 351. The Morgan fingerprint density at radius 3 is 2.62 bits per heavy atom. The van der Waals surface area contributed by atoms with Gasteiger partial charge in [-0.2, -0.15) is 0 Å². The third-order valence-corrected chi connectivity index (χ3v) is 2.11. The molecule has 0 fully saturated rings. The highest BCUT2D eigenvalue weighted by atomic mass is 79.9. The Morgan fingerprint density at radius 2 is 2.08 bits per heavy atom. The first kappa shape index (κ1) is 9.85. The van der Waals surface area contributed by atoms with E-state index in [0.717, 1.165) is 4.47 Å². The molecule has 0 saturated heterocycles. The van der Waals surface area contributed by atoms with E-state index in [0.29, 0.717) is 16.9 Å². The third-order valence-electron chi connectivity index (χ3n) is 1.65. The SMILES string of the molecule is CNC(=O)c1cc(Br)cc(N)c1N. The molecule has 1 aromatic carbocycles. The number of rotatable bonds is 1. The average molecular weight is 244 g/mol. The summed E-state index contributed by atoms with van der Waals surface area (Å²) >= 11 is 3.23. The molecule has 0 aliphatic carbocycles. The van der Waals surface area contributed by atoms with Crippen molar-refractivity contribution >= 4 is 33.2 Å². The lowest BCUT2D eigenvalue weighted by molar-refractivity contribution is 0.0964. The second-order valence-electron chi connectivity index (χ2n) is 2.54. The summed E-state index contributed by atoms with van der Waals surface area (Å²) in [6.07, 6.45) is 0. The molecule has 0 bridgehead atoms. The maximum atomic E-state index is 11.3. The van der Waals surface area contributed by atoms with Crippen LogP contribution in [-0.2, 0) is 0 Å². The van der Waals surface area contributed by atoms with Gasteiger partial charge in [-0.1, -0.05) is 15.9 Å². The second-order valence-corrected chi connectivity index (χ2v) is 3.45. The van der Waals surface area contributed by atoms with Crippen LogP contribution < -0.4 is 16.8 Å². The van der Waals surface area contributed by atoms with Crippen molar-refractivity contribution in [1.82, 2.24) is 5.32 Å². The number of nitrogen functional groups attached to an aromatic ring is 2. The molecule has 0 spiro atoms. The van der Waals surface area contributed by atoms with E-state index in [9.17, 15) is 4.79 Å². The van der Waals surface area contributed by atoms with Crippen LogP contribution in [0.25, 0.3) is 0 Å². The van der Waals surface area contributed by atoms with Crippen molar-refractivity contribution in [2.24, 2.45) is 0 Å². The fourth-order valence-corrected chi connectivity index (χ4v) is 1.44. The van der Waals surface area contributed by atoms with Crippen LogP contribution in [0.2, 0.25) is 0 Å². The molecule has 0 aromatic heterocycles. The van der Waals surface area contributed by atoms with Crippen molar-refractivity contribution in [2.75, 3.05) is 18.5 Å². The van der Waals surface area contributed by atoms with Crippen LogP contribution >= 0.6 is 15.9 Å². The Labute approximate surface area is 84.4 Å². The van der Waals surface area contributed by atoms with Crippen molar-refractivity contribution in [1.29, 1.82) is 0 Å². The number of halogens is 1. The maximum Gasteiger partial charge on any atom is 0.253 e. The second kappa shape index (κ2) is 3.66. The first-order valence-electron chi connectivity index (χ1n) is 3.63. The molecule has 1 amide bonds. The van der Waals surface area contributed by atoms with E-state index in [4.69, 9.17) is 11.5 Å². The summed E-state index contributed by atoms with van der Waals surface area (Å²) in [5.74, 6) is -0.245. The quantitative estimate of drug-likeness (QED) is 0.644. The monoisotopic (exact) mass is 243 g/mol. The van der Waals surface area contributed by atoms with Gasteiger partial charge in [0.15, 0.2) is 0 Å². The fourth-order valence-electron chi connectivity index (χ4n) is 0.962. The van der Waals surface area contributed by atoms with E-state index in [-0.39, 0.29) is 5.91 Å². The van der Waals surface area contributed by atoms with Crippen LogP contribution in [0.3, 0.4) is 0 Å². The minimum atomic E-state index is -0.245. The van der Waals surface area contributed by atoms with E-state index in [1.807, 2.05) is 0 Å². The highest BCUT2D eigenvalue weighted by Crippen LogP contribution is 2.25. The molecule has 0 saturated carbocycles. The highest BCUT2D eigenvalue weighted by molar-refractivity contribution is 9.10. The molecule has 5 N–H and O–H groups in total. The van der Waals surface area contributed by atoms with Gasteiger partial charge in [0, 0.05) is 11.5 Å². The third kappa shape index (κ3) is 1.92. The zero-order valence-electron chi connectivity index (χ0n) is 7.10. The molecule has 0 unspecified atom stereocenters. The smallest absolute Gasteiger partial charge is 0.253 e. The largest absolute Gasteiger partial charge is 0.397 e. The molecule has 1 rings (SSSR count). The standard InChI is InChI=1S/C8H10BrN3O/c1-12-8(13)5-2-4(9)3-6(10)7(5)11/h2-3H,10-11H2,1H3,(H,12,13). The molecule has 0 aliphatic rings. The minimum absolute atomic E-state index is 0.245. The maximum absolute atomic E-state index is 11.3. The first-order chi connectivity index (χ1) is 6.06. The van der Waals surface area contributed by atoms with Crippen LogP contribution in [0.1, 0.15) is 10.4 Å². The lowest BCUT2D eigenvalue weighted by Gasteiger charge is -2.07. The van der Waals surface area contributed by atoms with Gasteiger partial charge in [-0.3, -0.25) is 4.79 Å². The van der Waals surface area contributed by atoms with Crippen molar-refractivity contribution in [3.05, 3.63) is 22.2 Å². The summed E-state index contributed by atoms with van der Waals surface area (Å²) in [6.45, 7) is 0. The van der Waals surface area contributed by atoms with Gasteiger partial charge in [-0.25, -0.2) is 0 Å². The van der Waals surface area contributed by atoms with Gasteiger partial charge in [0.1, 0.15) is 0 Å². The molecular formula is C8H10BrN3O. The van der Waals surface area contributed by atoms with Gasteiger partial charge < -0.3 is 16.8 Å². The number of nitrogens with one attached hydrogen (secondary N) is 1. The normalized spacial score (nSPS) is 9.69. The summed E-state index contributed by atoms with van der Waals surface area (Å²) in [5.41, 5.74) is 12.3. The van der Waals surface area contributed by atoms with Crippen molar-refractivity contribution in [3.63, 3.8) is 0 Å². The lowest BCUT2D eigenvalue weighted by atomic mass is 10.1. The molecule has 0 radical (unpaired) electrons. The van der Waals surface area contributed by atoms with E-state index in [1.54, 1.807) is 19.2 Å². The van der Waals surface area contributed by atoms with Crippen LogP contribution in [0.15, 0.2) is 16.6 Å². The van der Waals surface area contributed by atoms with E-state index in [1.165, 1.54) is 0 Å². The topological polar surface area (TPSA) is 81.1 Å². The van der Waals surface area contributed by atoms with Gasteiger partial charge in [-0.05, 0) is 12.1 Å². The van der Waals surface area contributed by atoms with Crippen LogP contribution in [0.5, 0.6) is 0 Å². The number of amides is 1. The van der Waals surface area contributed by atoms with E-state index in [2.05, 4.69) is 21.2 Å².